The lowest BCUT2D eigenvalue weighted by Gasteiger charge is -2.18. The summed E-state index contributed by atoms with van der Waals surface area (Å²) >= 11 is 0. The van der Waals surface area contributed by atoms with Gasteiger partial charge < -0.3 is 10.4 Å². The van der Waals surface area contributed by atoms with Crippen LogP contribution in [0.5, 0.6) is 0 Å². The van der Waals surface area contributed by atoms with Crippen molar-refractivity contribution >= 4 is 11.9 Å². The van der Waals surface area contributed by atoms with Gasteiger partial charge in [0.15, 0.2) is 0 Å². The van der Waals surface area contributed by atoms with Crippen LogP contribution in [-0.4, -0.2) is 44.2 Å². The molecule has 0 aliphatic heterocycles. The van der Waals surface area contributed by atoms with Crippen molar-refractivity contribution in [1.29, 1.82) is 0 Å². The molecule has 1 aromatic heterocycles. The first-order chi connectivity index (χ1) is 6.93. The van der Waals surface area contributed by atoms with Crippen molar-refractivity contribution in [2.75, 3.05) is 6.54 Å². The smallest absolute Gasteiger partial charge is 0.310 e. The molecule has 0 spiro atoms. The van der Waals surface area contributed by atoms with E-state index in [9.17, 15) is 9.59 Å². The van der Waals surface area contributed by atoms with Gasteiger partial charge in [-0.2, -0.15) is 5.21 Å². The maximum atomic E-state index is 11.3. The van der Waals surface area contributed by atoms with Crippen LogP contribution >= 0.6 is 0 Å². The molecule has 0 atom stereocenters. The minimum absolute atomic E-state index is 0.00426. The second-order valence-electron chi connectivity index (χ2n) is 3.61. The molecule has 0 unspecified atom stereocenters. The zero-order valence-electron chi connectivity index (χ0n) is 8.31. The fraction of sp³-hybridized carbons (Fsp3) is 0.571. The predicted octanol–water partition coefficient (Wildman–Crippen LogP) is -0.960. The molecule has 1 heterocycles. The number of nitrogens with zero attached hydrogens (tertiary/aromatic N) is 3. The zero-order valence-corrected chi connectivity index (χ0v) is 8.31. The van der Waals surface area contributed by atoms with E-state index in [0.717, 1.165) is 0 Å². The van der Waals surface area contributed by atoms with E-state index in [1.54, 1.807) is 0 Å². The number of hydrogen-bond donors (Lipinski definition) is 3. The van der Waals surface area contributed by atoms with Gasteiger partial charge in [-0.3, -0.25) is 9.59 Å². The third-order valence-corrected chi connectivity index (χ3v) is 1.82. The second-order valence-corrected chi connectivity index (χ2v) is 3.61. The Morgan fingerprint density at radius 3 is 2.67 bits per heavy atom. The van der Waals surface area contributed by atoms with Crippen molar-refractivity contribution < 1.29 is 14.7 Å². The number of tetrazole rings is 1. The summed E-state index contributed by atoms with van der Waals surface area (Å²) in [5.41, 5.74) is -1.03. The average Bonchev–Trinajstić information content (AvgIpc) is 2.66. The number of carboxylic acids is 1. The van der Waals surface area contributed by atoms with E-state index in [4.69, 9.17) is 5.11 Å². The molecule has 8 heteroatoms. The Kier molecular flexibility index (Phi) is 2.98. The van der Waals surface area contributed by atoms with Crippen LogP contribution in [0.1, 0.15) is 24.5 Å². The standard InChI is InChI=1S/C7H11N5O3/c1-7(2,6(14)15)3-8-5(13)4-9-11-12-10-4/h3H2,1-2H3,(H,8,13)(H,14,15)(H,9,10,11,12). The molecule has 0 saturated heterocycles. The van der Waals surface area contributed by atoms with Gasteiger partial charge in [-0.05, 0) is 19.1 Å². The molecule has 0 aliphatic rings. The number of amides is 1. The first-order valence-corrected chi connectivity index (χ1v) is 4.18. The highest BCUT2D eigenvalue weighted by Crippen LogP contribution is 2.12. The molecular weight excluding hydrogens is 202 g/mol. The Balaban J connectivity index is 2.51. The summed E-state index contributed by atoms with van der Waals surface area (Å²) in [5, 5.41) is 23.4. The summed E-state index contributed by atoms with van der Waals surface area (Å²) < 4.78 is 0. The summed E-state index contributed by atoms with van der Waals surface area (Å²) in [5.74, 6) is -1.66. The van der Waals surface area contributed by atoms with E-state index in [1.807, 2.05) is 0 Å². The van der Waals surface area contributed by atoms with Gasteiger partial charge in [0.1, 0.15) is 0 Å². The lowest BCUT2D eigenvalue weighted by Crippen LogP contribution is -2.39. The number of carboxylic acid groups (broad SMARTS) is 1. The third-order valence-electron chi connectivity index (χ3n) is 1.82. The Morgan fingerprint density at radius 2 is 2.20 bits per heavy atom. The molecule has 15 heavy (non-hydrogen) atoms. The highest BCUT2D eigenvalue weighted by atomic mass is 16.4. The number of nitrogens with one attached hydrogen (secondary N) is 2. The zero-order chi connectivity index (χ0) is 11.5. The topological polar surface area (TPSA) is 121 Å². The second kappa shape index (κ2) is 4.03. The Morgan fingerprint density at radius 1 is 1.53 bits per heavy atom. The number of aliphatic carboxylic acids is 1. The molecule has 0 radical (unpaired) electrons. The largest absolute Gasteiger partial charge is 0.481 e. The first kappa shape index (κ1) is 11.1. The highest BCUT2D eigenvalue weighted by molar-refractivity contribution is 5.90. The highest BCUT2D eigenvalue weighted by Gasteiger charge is 2.28. The molecule has 0 fully saturated rings. The van der Waals surface area contributed by atoms with Crippen molar-refractivity contribution in [1.82, 2.24) is 25.9 Å². The monoisotopic (exact) mass is 213 g/mol. The maximum absolute atomic E-state index is 11.3. The minimum atomic E-state index is -1.03. The summed E-state index contributed by atoms with van der Waals surface area (Å²) in [6, 6.07) is 0. The molecule has 1 aromatic rings. The summed E-state index contributed by atoms with van der Waals surface area (Å²) in [7, 11) is 0. The van der Waals surface area contributed by atoms with E-state index >= 15 is 0 Å². The van der Waals surface area contributed by atoms with Gasteiger partial charge in [0, 0.05) is 6.54 Å². The summed E-state index contributed by atoms with van der Waals surface area (Å²) in [6.45, 7) is 3.01. The average molecular weight is 213 g/mol. The van der Waals surface area contributed by atoms with Gasteiger partial charge in [-0.1, -0.05) is 0 Å². The number of carbonyl (C=O) groups excluding carboxylic acids is 1. The van der Waals surface area contributed by atoms with E-state index in [1.165, 1.54) is 13.8 Å². The lowest BCUT2D eigenvalue weighted by atomic mass is 9.94. The molecule has 0 bridgehead atoms. The molecule has 3 N–H and O–H groups in total. The van der Waals surface area contributed by atoms with Crippen LogP contribution in [-0.2, 0) is 4.79 Å². The van der Waals surface area contributed by atoms with Crippen LogP contribution in [0, 0.1) is 5.41 Å². The van der Waals surface area contributed by atoms with E-state index in [0.29, 0.717) is 0 Å². The Bertz CT molecular complexity index is 359. The number of aromatic nitrogens is 4. The van der Waals surface area contributed by atoms with Gasteiger partial charge in [-0.15, -0.1) is 10.2 Å². The Labute approximate surface area is 85.1 Å². The predicted molar refractivity (Wildman–Crippen MR) is 47.9 cm³/mol. The number of aromatic amines is 1. The van der Waals surface area contributed by atoms with Gasteiger partial charge in [-0.25, -0.2) is 0 Å². The van der Waals surface area contributed by atoms with Crippen LogP contribution in [0.15, 0.2) is 0 Å². The van der Waals surface area contributed by atoms with Gasteiger partial charge in [0.2, 0.25) is 0 Å². The van der Waals surface area contributed by atoms with Crippen LogP contribution in [0.2, 0.25) is 0 Å². The van der Waals surface area contributed by atoms with Crippen LogP contribution < -0.4 is 5.32 Å². The summed E-state index contributed by atoms with van der Waals surface area (Å²) in [6.07, 6.45) is 0. The molecular formula is C7H11N5O3. The van der Waals surface area contributed by atoms with E-state index in [2.05, 4.69) is 25.9 Å². The third kappa shape index (κ3) is 2.73. The molecule has 8 nitrogen and oxygen atoms in total. The number of rotatable bonds is 4. The van der Waals surface area contributed by atoms with Gasteiger partial charge in [0.05, 0.1) is 5.41 Å². The molecule has 1 rings (SSSR count). The van der Waals surface area contributed by atoms with Crippen molar-refractivity contribution in [3.05, 3.63) is 5.82 Å². The van der Waals surface area contributed by atoms with Crippen LogP contribution in [0.25, 0.3) is 0 Å². The van der Waals surface area contributed by atoms with Crippen LogP contribution in [0.4, 0.5) is 0 Å². The van der Waals surface area contributed by atoms with Gasteiger partial charge >= 0.3 is 5.97 Å². The van der Waals surface area contributed by atoms with Crippen molar-refractivity contribution in [2.45, 2.75) is 13.8 Å². The Hall–Kier alpha value is -1.99. The fourth-order valence-corrected chi connectivity index (χ4v) is 0.714. The summed E-state index contributed by atoms with van der Waals surface area (Å²) in [4.78, 5) is 22.0. The first-order valence-electron chi connectivity index (χ1n) is 4.18. The quantitative estimate of drug-likeness (QED) is 0.592. The SMILES string of the molecule is CC(C)(CNC(=O)c1nn[nH]n1)C(=O)O. The molecule has 0 aromatic carbocycles. The fourth-order valence-electron chi connectivity index (χ4n) is 0.714. The van der Waals surface area contributed by atoms with Crippen LogP contribution in [0.3, 0.4) is 0 Å². The van der Waals surface area contributed by atoms with E-state index in [-0.39, 0.29) is 12.4 Å². The normalized spacial score (nSPS) is 11.1. The number of hydrogen-bond acceptors (Lipinski definition) is 5. The maximum Gasteiger partial charge on any atom is 0.310 e. The molecule has 1 amide bonds. The van der Waals surface area contributed by atoms with Crippen molar-refractivity contribution in [3.8, 4) is 0 Å². The number of carbonyl (C=O) groups is 2. The van der Waals surface area contributed by atoms with Crippen molar-refractivity contribution in [3.63, 3.8) is 0 Å². The molecule has 0 saturated carbocycles. The van der Waals surface area contributed by atoms with Gasteiger partial charge in [0.25, 0.3) is 11.7 Å². The molecule has 0 aliphatic carbocycles. The lowest BCUT2D eigenvalue weighted by molar-refractivity contribution is -0.146. The van der Waals surface area contributed by atoms with Crippen molar-refractivity contribution in [2.24, 2.45) is 5.41 Å². The molecule has 82 valence electrons. The number of H-pyrrole nitrogens is 1. The van der Waals surface area contributed by atoms with E-state index < -0.39 is 17.3 Å². The minimum Gasteiger partial charge on any atom is -0.481 e.